The second-order valence-corrected chi connectivity index (χ2v) is 9.16. The molecule has 0 spiro atoms. The lowest BCUT2D eigenvalue weighted by Gasteiger charge is -2.21. The summed E-state index contributed by atoms with van der Waals surface area (Å²) >= 11 is 3.26. The van der Waals surface area contributed by atoms with E-state index in [-0.39, 0.29) is 23.2 Å². The highest BCUT2D eigenvalue weighted by atomic mass is 32.2. The Bertz CT molecular complexity index is 898. The van der Waals surface area contributed by atoms with Gasteiger partial charge >= 0.3 is 0 Å². The molecule has 1 aromatic carbocycles. The van der Waals surface area contributed by atoms with Gasteiger partial charge in [0.2, 0.25) is 5.91 Å². The lowest BCUT2D eigenvalue weighted by molar-refractivity contribution is -0.384. The maximum Gasteiger partial charge on any atom is 0.270 e. The molecule has 0 saturated heterocycles. The third-order valence-corrected chi connectivity index (χ3v) is 6.08. The molecule has 0 bridgehead atoms. The molecule has 1 aromatic heterocycles. The second-order valence-electron chi connectivity index (χ2n) is 6.71. The summed E-state index contributed by atoms with van der Waals surface area (Å²) in [7, 11) is 0. The van der Waals surface area contributed by atoms with Crippen LogP contribution in [0.25, 0.3) is 0 Å². The van der Waals surface area contributed by atoms with Crippen molar-refractivity contribution < 1.29 is 14.5 Å². The van der Waals surface area contributed by atoms with Gasteiger partial charge < -0.3 is 10.6 Å². The van der Waals surface area contributed by atoms with E-state index < -0.39 is 16.9 Å². The molecule has 0 radical (unpaired) electrons. The lowest BCUT2D eigenvalue weighted by Crippen LogP contribution is -2.47. The molecule has 7 nitrogen and oxygen atoms in total. The van der Waals surface area contributed by atoms with Crippen molar-refractivity contribution in [2.45, 2.75) is 39.3 Å². The zero-order valence-electron chi connectivity index (χ0n) is 16.9. The predicted octanol–water partition coefficient (Wildman–Crippen LogP) is 4.00. The number of thioether (sulfide) groups is 1. The van der Waals surface area contributed by atoms with Crippen LogP contribution in [0.15, 0.2) is 30.3 Å². The van der Waals surface area contributed by atoms with Crippen molar-refractivity contribution in [3.8, 4) is 0 Å². The summed E-state index contributed by atoms with van der Waals surface area (Å²) in [5.41, 5.74) is 1.05. The van der Waals surface area contributed by atoms with Crippen LogP contribution in [-0.4, -0.2) is 34.8 Å². The van der Waals surface area contributed by atoms with Crippen molar-refractivity contribution in [2.24, 2.45) is 0 Å². The monoisotopic (exact) mass is 435 g/mol. The van der Waals surface area contributed by atoms with Crippen LogP contribution in [0.3, 0.4) is 0 Å². The number of nitrogens with zero attached hydrogens (tertiary/aromatic N) is 1. The summed E-state index contributed by atoms with van der Waals surface area (Å²) in [4.78, 5) is 38.2. The van der Waals surface area contributed by atoms with E-state index in [0.717, 1.165) is 10.4 Å². The SMILES string of the molecule is CSCC[C@H](NC(=O)c1cccc([N+](=O)[O-])c1)C(=O)N[C@@H](C)c1cc(C)sc1C. The molecule has 2 aromatic rings. The van der Waals surface area contributed by atoms with E-state index in [2.05, 4.69) is 16.7 Å². The van der Waals surface area contributed by atoms with E-state index in [4.69, 9.17) is 0 Å². The molecule has 9 heteroatoms. The van der Waals surface area contributed by atoms with Crippen LogP contribution in [0.5, 0.6) is 0 Å². The van der Waals surface area contributed by atoms with Gasteiger partial charge in [0.05, 0.1) is 11.0 Å². The minimum Gasteiger partial charge on any atom is -0.348 e. The molecule has 0 saturated carbocycles. The van der Waals surface area contributed by atoms with Crippen molar-refractivity contribution in [3.63, 3.8) is 0 Å². The molecule has 2 atom stereocenters. The van der Waals surface area contributed by atoms with Crippen LogP contribution in [-0.2, 0) is 4.79 Å². The van der Waals surface area contributed by atoms with Gasteiger partial charge in [0.1, 0.15) is 6.04 Å². The minimum atomic E-state index is -0.725. The van der Waals surface area contributed by atoms with E-state index in [1.165, 1.54) is 29.1 Å². The highest BCUT2D eigenvalue weighted by molar-refractivity contribution is 7.98. The van der Waals surface area contributed by atoms with Crippen LogP contribution in [0.1, 0.15) is 45.1 Å². The second kappa shape index (κ2) is 10.4. The summed E-state index contributed by atoms with van der Waals surface area (Å²) in [5, 5.41) is 16.6. The standard InChI is InChI=1S/C20H25N3O4S2/c1-12-10-17(14(3)29-12)13(2)21-20(25)18(8-9-28-4)22-19(24)15-6-5-7-16(11-15)23(26)27/h5-7,10-11,13,18H,8-9H2,1-4H3,(H,21,25)(H,22,24)/t13-,18-/m0/s1. The zero-order chi connectivity index (χ0) is 21.6. The molecule has 0 aliphatic carbocycles. The van der Waals surface area contributed by atoms with E-state index in [0.29, 0.717) is 12.2 Å². The maximum atomic E-state index is 12.9. The van der Waals surface area contributed by atoms with Crippen LogP contribution in [0, 0.1) is 24.0 Å². The Labute approximate surface area is 178 Å². The van der Waals surface area contributed by atoms with E-state index in [1.54, 1.807) is 23.1 Å². The normalized spacial score (nSPS) is 12.8. The average molecular weight is 436 g/mol. The van der Waals surface area contributed by atoms with Gasteiger partial charge in [0.15, 0.2) is 0 Å². The Morgan fingerprint density at radius 1 is 1.24 bits per heavy atom. The van der Waals surface area contributed by atoms with E-state index in [9.17, 15) is 19.7 Å². The number of carbonyl (C=O) groups is 2. The van der Waals surface area contributed by atoms with Gasteiger partial charge in [-0.15, -0.1) is 11.3 Å². The number of rotatable bonds is 9. The molecule has 0 aliphatic rings. The fourth-order valence-corrected chi connectivity index (χ4v) is 4.47. The smallest absolute Gasteiger partial charge is 0.270 e. The van der Waals surface area contributed by atoms with Gasteiger partial charge in [-0.2, -0.15) is 11.8 Å². The van der Waals surface area contributed by atoms with Crippen LogP contribution < -0.4 is 10.6 Å². The largest absolute Gasteiger partial charge is 0.348 e. The summed E-state index contributed by atoms with van der Waals surface area (Å²) in [5.74, 6) is -0.0862. The molecule has 0 aliphatic heterocycles. The van der Waals surface area contributed by atoms with Gasteiger partial charge in [0.25, 0.3) is 11.6 Å². The molecular formula is C20H25N3O4S2. The van der Waals surface area contributed by atoms with Gasteiger partial charge in [-0.05, 0) is 56.9 Å². The Morgan fingerprint density at radius 2 is 1.97 bits per heavy atom. The Hall–Kier alpha value is -2.39. The molecule has 29 heavy (non-hydrogen) atoms. The molecular weight excluding hydrogens is 410 g/mol. The first-order chi connectivity index (χ1) is 13.7. The number of nitrogens with one attached hydrogen (secondary N) is 2. The molecule has 2 N–H and O–H groups in total. The molecule has 2 rings (SSSR count). The van der Waals surface area contributed by atoms with Crippen LogP contribution in [0.2, 0.25) is 0 Å². The van der Waals surface area contributed by atoms with Crippen molar-refractivity contribution in [3.05, 3.63) is 61.3 Å². The van der Waals surface area contributed by atoms with Gasteiger partial charge in [-0.25, -0.2) is 0 Å². The Kier molecular flexibility index (Phi) is 8.21. The molecule has 2 amide bonds. The first-order valence-corrected chi connectivity index (χ1v) is 11.4. The molecule has 156 valence electrons. The highest BCUT2D eigenvalue weighted by Gasteiger charge is 2.24. The number of aryl methyl sites for hydroxylation is 2. The van der Waals surface area contributed by atoms with E-state index in [1.807, 2.05) is 27.0 Å². The van der Waals surface area contributed by atoms with E-state index >= 15 is 0 Å². The van der Waals surface area contributed by atoms with Crippen molar-refractivity contribution in [1.29, 1.82) is 0 Å². The van der Waals surface area contributed by atoms with Crippen molar-refractivity contribution in [1.82, 2.24) is 10.6 Å². The quantitative estimate of drug-likeness (QED) is 0.458. The summed E-state index contributed by atoms with van der Waals surface area (Å²) in [6.07, 6.45) is 2.39. The number of amides is 2. The van der Waals surface area contributed by atoms with Crippen LogP contribution >= 0.6 is 23.1 Å². The zero-order valence-corrected chi connectivity index (χ0v) is 18.5. The molecule has 1 heterocycles. The average Bonchev–Trinajstić information content (AvgIpc) is 3.03. The van der Waals surface area contributed by atoms with Crippen molar-refractivity contribution in [2.75, 3.05) is 12.0 Å². The first kappa shape index (κ1) is 22.9. The minimum absolute atomic E-state index is 0.151. The Morgan fingerprint density at radius 3 is 2.55 bits per heavy atom. The number of non-ortho nitro benzene ring substituents is 1. The summed E-state index contributed by atoms with van der Waals surface area (Å²) < 4.78 is 0. The number of nitro benzene ring substituents is 1. The Balaban J connectivity index is 2.12. The fraction of sp³-hybridized carbons (Fsp3) is 0.400. The number of hydrogen-bond acceptors (Lipinski definition) is 6. The summed E-state index contributed by atoms with van der Waals surface area (Å²) in [6.45, 7) is 5.96. The topological polar surface area (TPSA) is 101 Å². The van der Waals surface area contributed by atoms with Gasteiger partial charge in [0, 0.05) is 27.5 Å². The van der Waals surface area contributed by atoms with Crippen LogP contribution in [0.4, 0.5) is 5.69 Å². The number of hydrogen-bond donors (Lipinski definition) is 2. The third kappa shape index (κ3) is 6.30. The number of nitro groups is 1. The van der Waals surface area contributed by atoms with Crippen molar-refractivity contribution >= 4 is 40.6 Å². The number of benzene rings is 1. The predicted molar refractivity (Wildman–Crippen MR) is 118 cm³/mol. The fourth-order valence-electron chi connectivity index (χ4n) is 2.98. The van der Waals surface area contributed by atoms with Gasteiger partial charge in [-0.3, -0.25) is 19.7 Å². The van der Waals surface area contributed by atoms with Gasteiger partial charge in [-0.1, -0.05) is 6.07 Å². The number of carbonyl (C=O) groups excluding carboxylic acids is 2. The highest BCUT2D eigenvalue weighted by Crippen LogP contribution is 2.26. The maximum absolute atomic E-state index is 12.9. The number of thiophene rings is 1. The molecule has 0 unspecified atom stereocenters. The summed E-state index contributed by atoms with van der Waals surface area (Å²) in [6, 6.07) is 6.62. The molecule has 0 fully saturated rings. The first-order valence-electron chi connectivity index (χ1n) is 9.14. The lowest BCUT2D eigenvalue weighted by atomic mass is 10.1. The third-order valence-electron chi connectivity index (χ3n) is 4.46.